The van der Waals surface area contributed by atoms with Crippen LogP contribution >= 0.6 is 0 Å². The number of aromatic carboxylic acids is 4. The summed E-state index contributed by atoms with van der Waals surface area (Å²) in [4.78, 5) is 120. The fourth-order valence-corrected chi connectivity index (χ4v) is 5.23. The molecule has 556 valence electrons. The number of carboxylic acid groups (broad SMARTS) is 4. The van der Waals surface area contributed by atoms with Crippen LogP contribution in [0, 0.1) is 41.0 Å². The van der Waals surface area contributed by atoms with E-state index in [1.807, 2.05) is 0 Å². The van der Waals surface area contributed by atoms with E-state index in [-0.39, 0.29) is 136 Å². The number of nitrogens with one attached hydrogen (secondary N) is 4. The van der Waals surface area contributed by atoms with E-state index in [0.29, 0.717) is 22.7 Å². The molecule has 44 nitrogen and oxygen atoms in total. The first-order chi connectivity index (χ1) is 42.7. The fourth-order valence-electron chi connectivity index (χ4n) is 5.23. The van der Waals surface area contributed by atoms with Gasteiger partial charge in [-0.25, -0.2) is 94.5 Å². The van der Waals surface area contributed by atoms with Gasteiger partial charge in [0, 0.05) is 24.8 Å². The molecule has 4 amide bonds. The van der Waals surface area contributed by atoms with Crippen LogP contribution in [0.25, 0.3) is 0 Å². The SMILES string of the molecule is O.O.O.O.O=C([O-])c1cccc(C(=O)Nc2cccnc2)n1.O=C([O-])c1cccc(C(=O)Nc2cccnc2)n1.O=C([O-])c1cccc(C(=O)Nc2cccnc2)n1.O=C([O-])c1cccc(C(=O)Nc2cccnc2)n1.[Cu+2].[Cu+2].[Cu+2].[Cu+2].[O-][Cl+3]([O-])([O-])[O-].[O-][Cl+3]([O-])([O-])[O-].[O-][Cl+3]([O-])([O-])[O-].[O-][Cl+3]([O-])([O-])[O-]. The van der Waals surface area contributed by atoms with Crippen LogP contribution in [0.2, 0.25) is 0 Å². The van der Waals surface area contributed by atoms with Gasteiger partial charge in [-0.05, 0) is 97.1 Å². The van der Waals surface area contributed by atoms with Crippen LogP contribution in [0.3, 0.4) is 0 Å². The molecule has 0 unspecified atom stereocenters. The molecule has 0 atom stereocenters. The van der Waals surface area contributed by atoms with Gasteiger partial charge in [-0.2, -0.15) is 0 Å². The minimum Gasteiger partial charge on any atom is -0.543 e. The molecule has 0 aliphatic carbocycles. The van der Waals surface area contributed by atoms with E-state index in [4.69, 9.17) is 74.5 Å². The fraction of sp³-hybridized carbons (Fsp3) is 0. The van der Waals surface area contributed by atoms with Crippen LogP contribution in [-0.2, 0) is 68.3 Å². The van der Waals surface area contributed by atoms with Crippen molar-refractivity contribution in [2.45, 2.75) is 0 Å². The first kappa shape index (κ1) is 107. The Morgan fingerprint density at radius 1 is 0.250 bits per heavy atom. The monoisotopic (exact) mass is 1690 g/mol. The van der Waals surface area contributed by atoms with Crippen LogP contribution in [0.15, 0.2) is 171 Å². The number of pyridine rings is 8. The molecule has 0 saturated heterocycles. The summed E-state index contributed by atoms with van der Waals surface area (Å²) in [6, 6.07) is 29.7. The molecule has 8 rings (SSSR count). The second kappa shape index (κ2) is 54.3. The molecule has 0 aliphatic heterocycles. The quantitative estimate of drug-likeness (QED) is 0.0825. The molecule has 8 heterocycles. The smallest absolute Gasteiger partial charge is 0.543 e. The van der Waals surface area contributed by atoms with Gasteiger partial charge in [-0.1, -0.05) is 24.3 Å². The summed E-state index contributed by atoms with van der Waals surface area (Å²) in [6.07, 6.45) is 12.2. The number of carbonyl (C=O) groups is 8. The molecule has 8 aromatic rings. The van der Waals surface area contributed by atoms with Crippen LogP contribution in [0.4, 0.5) is 22.7 Å². The Morgan fingerprint density at radius 3 is 0.510 bits per heavy atom. The van der Waals surface area contributed by atoms with Crippen molar-refractivity contribution in [3.63, 3.8) is 0 Å². The first-order valence-electron chi connectivity index (χ1n) is 22.7. The molecule has 0 saturated carbocycles. The molecule has 100 heavy (non-hydrogen) atoms. The van der Waals surface area contributed by atoms with Gasteiger partial charge in [-0.15, -0.1) is 41.0 Å². The van der Waals surface area contributed by atoms with E-state index < -0.39 is 88.5 Å². The zero-order valence-electron chi connectivity index (χ0n) is 47.9. The summed E-state index contributed by atoms with van der Waals surface area (Å²) in [6.45, 7) is 0. The molecule has 0 spiro atoms. The number of amides is 4. The Bertz CT molecular complexity index is 3190. The summed E-state index contributed by atoms with van der Waals surface area (Å²) in [5.74, 6) is -7.73. The van der Waals surface area contributed by atoms with E-state index in [0.717, 1.165) is 0 Å². The van der Waals surface area contributed by atoms with Gasteiger partial charge < -0.3 is 82.8 Å². The van der Waals surface area contributed by atoms with Crippen molar-refractivity contribution in [1.82, 2.24) is 39.9 Å². The van der Waals surface area contributed by atoms with Gasteiger partial charge in [0.15, 0.2) is 0 Å². The third kappa shape index (κ3) is 56.3. The van der Waals surface area contributed by atoms with Crippen LogP contribution in [-0.4, -0.2) is 109 Å². The molecule has 12 N–H and O–H groups in total. The van der Waals surface area contributed by atoms with Crippen molar-refractivity contribution in [3.8, 4) is 0 Å². The normalized spacial score (nSPS) is 9.44. The largest absolute Gasteiger partial charge is 2.00 e. The second-order valence-electron chi connectivity index (χ2n) is 15.1. The van der Waals surface area contributed by atoms with Crippen molar-refractivity contribution in [2.75, 3.05) is 21.3 Å². The molecule has 52 heteroatoms. The average Bonchev–Trinajstić information content (AvgIpc) is 0.883. The third-order valence-corrected chi connectivity index (χ3v) is 8.44. The third-order valence-electron chi connectivity index (χ3n) is 8.44. The zero-order chi connectivity index (χ0) is 69.8. The van der Waals surface area contributed by atoms with E-state index >= 15 is 0 Å². The molecule has 0 fully saturated rings. The maximum Gasteiger partial charge on any atom is 2.00 e. The molecular weight excluding hydrogens is 1650 g/mol. The molecule has 0 aromatic carbocycles. The molecule has 0 aliphatic rings. The minimum absolute atomic E-state index is 0. The maximum absolute atomic E-state index is 11.8. The number of rotatable bonds is 12. The van der Waals surface area contributed by atoms with Crippen LogP contribution in [0.5, 0.6) is 0 Å². The Balaban J connectivity index is -0.000000168. The molecule has 0 bridgehead atoms. The Hall–Kier alpha value is -8.60. The molecule has 4 radical (unpaired) electrons. The number of hydrogen-bond acceptors (Lipinski definition) is 36. The van der Waals surface area contributed by atoms with Crippen molar-refractivity contribution >= 4 is 70.3 Å². The van der Waals surface area contributed by atoms with Crippen LogP contribution < -0.4 is 116 Å². The van der Waals surface area contributed by atoms with Crippen LogP contribution in [0.1, 0.15) is 83.9 Å². The number of carboxylic acids is 4. The maximum atomic E-state index is 11.8. The average molecular weight is 1690 g/mol. The predicted octanol–water partition coefficient (Wildman–Crippen LogP) is -22.0. The summed E-state index contributed by atoms with van der Waals surface area (Å²) in [5, 5.41) is 52.7. The first-order valence-corrected chi connectivity index (χ1v) is 27.7. The van der Waals surface area contributed by atoms with Crippen molar-refractivity contribution in [1.29, 1.82) is 0 Å². The topological polar surface area (TPSA) is 875 Å². The summed E-state index contributed by atoms with van der Waals surface area (Å²) >= 11 is 0. The number of hydrogen-bond donors (Lipinski definition) is 4. The summed E-state index contributed by atoms with van der Waals surface area (Å²) < 4.78 is 136. The van der Waals surface area contributed by atoms with E-state index in [1.165, 1.54) is 97.6 Å². The Kier molecular flexibility index (Phi) is 58.3. The van der Waals surface area contributed by atoms with Gasteiger partial charge in [0.1, 0.15) is 22.8 Å². The number of nitrogens with zero attached hydrogens (tertiary/aromatic N) is 8. The zero-order valence-corrected chi connectivity index (χ0v) is 54.7. The van der Waals surface area contributed by atoms with Gasteiger partial charge in [-0.3, -0.25) is 39.1 Å². The predicted molar refractivity (Wildman–Crippen MR) is 257 cm³/mol. The van der Waals surface area contributed by atoms with Gasteiger partial charge in [0.25, 0.3) is 23.6 Å². The Morgan fingerprint density at radius 2 is 0.390 bits per heavy atom. The summed E-state index contributed by atoms with van der Waals surface area (Å²) in [7, 11) is -19.8. The number of carbonyl (C=O) groups excluding carboxylic acids is 8. The van der Waals surface area contributed by atoms with Gasteiger partial charge in [0.2, 0.25) is 0 Å². The van der Waals surface area contributed by atoms with E-state index in [9.17, 15) is 58.8 Å². The van der Waals surface area contributed by atoms with E-state index in [2.05, 4.69) is 61.1 Å². The molecule has 8 aromatic heterocycles. The van der Waals surface area contributed by atoms with Crippen molar-refractivity contribution < 1.29 is 264 Å². The number of anilines is 4. The van der Waals surface area contributed by atoms with Crippen molar-refractivity contribution in [2.24, 2.45) is 0 Å². The number of aromatic nitrogens is 8. The summed E-state index contributed by atoms with van der Waals surface area (Å²) in [5.41, 5.74) is 0.880. The van der Waals surface area contributed by atoms with Gasteiger partial charge in [0.05, 0.1) is 94.2 Å². The second-order valence-corrected chi connectivity index (χ2v) is 18.1. The minimum atomic E-state index is -4.94. The van der Waals surface area contributed by atoms with E-state index in [1.54, 1.807) is 73.3 Å². The van der Waals surface area contributed by atoms with Gasteiger partial charge >= 0.3 is 68.3 Å². The number of halogens is 4. The standard InChI is InChI=1S/4C12H9N3O3.4ClHO4.4Cu.4H2O/c4*16-11(14-8-3-2-6-13-7-8)9-4-1-5-10(15-9)12(17)18;4*2-1(3,4)5;;;;;;;;/h4*1-7H,(H,14,16)(H,17,18);4*(H,2,3,4,5);;;;;4*1H2/q;;;;;;;;4*+2;;;;/p-8. The van der Waals surface area contributed by atoms with Crippen molar-refractivity contribution in [3.05, 3.63) is 216 Å². The Labute approximate surface area is 608 Å². The molecular formula is C48H40Cl4Cu4N12O32.